The van der Waals surface area contributed by atoms with E-state index >= 15 is 0 Å². The summed E-state index contributed by atoms with van der Waals surface area (Å²) in [4.78, 5) is 11.9. The van der Waals surface area contributed by atoms with Gasteiger partial charge in [0.1, 0.15) is 18.1 Å². The number of halogens is 1. The Morgan fingerprint density at radius 2 is 2.00 bits per heavy atom. The Morgan fingerprint density at radius 1 is 1.18 bits per heavy atom. The van der Waals surface area contributed by atoms with Gasteiger partial charge in [-0.1, -0.05) is 29.4 Å². The zero-order valence-corrected chi connectivity index (χ0v) is 16.6. The molecule has 1 amide bonds. The molecule has 0 aliphatic heterocycles. The number of rotatable bonds is 9. The van der Waals surface area contributed by atoms with Crippen LogP contribution in [-0.2, 0) is 4.79 Å². The Balaban J connectivity index is 1.39. The maximum absolute atomic E-state index is 11.9. The molecule has 0 fully saturated rings. The number of thioether (sulfide) groups is 1. The van der Waals surface area contributed by atoms with Crippen LogP contribution in [0.1, 0.15) is 0 Å². The first kappa shape index (κ1) is 20.0. The van der Waals surface area contributed by atoms with Gasteiger partial charge < -0.3 is 19.2 Å². The van der Waals surface area contributed by atoms with Gasteiger partial charge >= 0.3 is 0 Å². The Bertz CT molecular complexity index is 918. The van der Waals surface area contributed by atoms with Crippen molar-refractivity contribution in [2.75, 3.05) is 26.0 Å². The van der Waals surface area contributed by atoms with Crippen molar-refractivity contribution in [2.24, 2.45) is 0 Å². The number of carbonyl (C=O) groups is 1. The zero-order chi connectivity index (χ0) is 19.8. The van der Waals surface area contributed by atoms with Gasteiger partial charge in [-0.05, 0) is 42.5 Å². The van der Waals surface area contributed by atoms with Crippen LogP contribution in [0.25, 0.3) is 11.5 Å². The summed E-state index contributed by atoms with van der Waals surface area (Å²) in [5.41, 5.74) is 0.780. The van der Waals surface area contributed by atoms with Gasteiger partial charge in [0.2, 0.25) is 11.8 Å². The highest BCUT2D eigenvalue weighted by molar-refractivity contribution is 7.99. The van der Waals surface area contributed by atoms with Crippen LogP contribution >= 0.6 is 23.4 Å². The lowest BCUT2D eigenvalue weighted by Gasteiger charge is -2.07. The minimum atomic E-state index is -0.149. The topological polar surface area (TPSA) is 86.5 Å². The highest BCUT2D eigenvalue weighted by Crippen LogP contribution is 2.24. The van der Waals surface area contributed by atoms with Crippen LogP contribution < -0.4 is 14.8 Å². The number of hydrogen-bond acceptors (Lipinski definition) is 7. The van der Waals surface area contributed by atoms with E-state index in [-0.39, 0.29) is 11.7 Å². The summed E-state index contributed by atoms with van der Waals surface area (Å²) in [6.07, 6.45) is 0. The molecule has 0 aliphatic carbocycles. The van der Waals surface area contributed by atoms with Crippen molar-refractivity contribution in [2.45, 2.75) is 5.22 Å². The predicted molar refractivity (Wildman–Crippen MR) is 107 cm³/mol. The Kier molecular flexibility index (Phi) is 7.16. The highest BCUT2D eigenvalue weighted by Gasteiger charge is 2.11. The summed E-state index contributed by atoms with van der Waals surface area (Å²) in [5.74, 6) is 1.81. The van der Waals surface area contributed by atoms with E-state index < -0.39 is 0 Å². The van der Waals surface area contributed by atoms with Crippen molar-refractivity contribution in [1.29, 1.82) is 0 Å². The fourth-order valence-corrected chi connectivity index (χ4v) is 2.99. The van der Waals surface area contributed by atoms with Crippen molar-refractivity contribution in [3.05, 3.63) is 53.6 Å². The van der Waals surface area contributed by atoms with Gasteiger partial charge in [-0.3, -0.25) is 4.79 Å². The minimum absolute atomic E-state index is 0.149. The number of amides is 1. The first-order valence-electron chi connectivity index (χ1n) is 8.40. The van der Waals surface area contributed by atoms with Gasteiger partial charge in [-0.15, -0.1) is 10.2 Å². The van der Waals surface area contributed by atoms with E-state index in [1.165, 1.54) is 11.8 Å². The van der Waals surface area contributed by atoms with E-state index in [9.17, 15) is 4.79 Å². The first-order chi connectivity index (χ1) is 13.6. The van der Waals surface area contributed by atoms with Crippen LogP contribution in [0.15, 0.2) is 58.2 Å². The summed E-state index contributed by atoms with van der Waals surface area (Å²) in [6.45, 7) is 0.728. The molecule has 9 heteroatoms. The number of nitrogens with one attached hydrogen (secondary N) is 1. The van der Waals surface area contributed by atoms with Crippen LogP contribution in [0.2, 0.25) is 5.02 Å². The van der Waals surface area contributed by atoms with Gasteiger partial charge in [0, 0.05) is 10.6 Å². The minimum Gasteiger partial charge on any atom is -0.497 e. The highest BCUT2D eigenvalue weighted by atomic mass is 35.5. The molecule has 1 heterocycles. The van der Waals surface area contributed by atoms with Gasteiger partial charge in [0.25, 0.3) is 5.22 Å². The molecular formula is C19H18ClN3O4S. The van der Waals surface area contributed by atoms with E-state index in [0.717, 1.165) is 11.3 Å². The molecule has 28 heavy (non-hydrogen) atoms. The van der Waals surface area contributed by atoms with Crippen molar-refractivity contribution in [3.63, 3.8) is 0 Å². The van der Waals surface area contributed by atoms with Crippen molar-refractivity contribution < 1.29 is 18.7 Å². The maximum atomic E-state index is 11.9. The molecule has 7 nitrogen and oxygen atoms in total. The van der Waals surface area contributed by atoms with Crippen LogP contribution in [0.3, 0.4) is 0 Å². The number of nitrogens with zero attached hydrogens (tertiary/aromatic N) is 2. The van der Waals surface area contributed by atoms with Crippen LogP contribution in [0, 0.1) is 0 Å². The Labute approximate surface area is 171 Å². The number of methoxy groups -OCH3 is 1. The van der Waals surface area contributed by atoms with Crippen LogP contribution in [0.4, 0.5) is 0 Å². The second kappa shape index (κ2) is 10.0. The molecule has 2 aromatic carbocycles. The van der Waals surface area contributed by atoms with E-state index in [2.05, 4.69) is 15.5 Å². The third-order valence-electron chi connectivity index (χ3n) is 3.56. The molecule has 1 N–H and O–H groups in total. The third kappa shape index (κ3) is 5.90. The smallest absolute Gasteiger partial charge is 0.277 e. The lowest BCUT2D eigenvalue weighted by Crippen LogP contribution is -2.29. The molecule has 3 rings (SSSR count). The zero-order valence-electron chi connectivity index (χ0n) is 15.1. The lowest BCUT2D eigenvalue weighted by atomic mass is 10.2. The van der Waals surface area contributed by atoms with Crippen molar-refractivity contribution >= 4 is 29.3 Å². The predicted octanol–water partition coefficient (Wildman–Crippen LogP) is 3.69. The molecule has 0 saturated heterocycles. The first-order valence-corrected chi connectivity index (χ1v) is 9.76. The van der Waals surface area contributed by atoms with E-state index in [4.69, 9.17) is 25.5 Å². The van der Waals surface area contributed by atoms with Crippen molar-refractivity contribution in [3.8, 4) is 23.0 Å². The van der Waals surface area contributed by atoms with Gasteiger partial charge in [0.15, 0.2) is 0 Å². The van der Waals surface area contributed by atoms with Crippen molar-refractivity contribution in [1.82, 2.24) is 15.5 Å². The Morgan fingerprint density at radius 3 is 2.75 bits per heavy atom. The van der Waals surface area contributed by atoms with Crippen LogP contribution in [0.5, 0.6) is 11.5 Å². The number of ether oxygens (including phenoxy) is 2. The summed E-state index contributed by atoms with van der Waals surface area (Å²) < 4.78 is 16.2. The lowest BCUT2D eigenvalue weighted by molar-refractivity contribution is -0.118. The van der Waals surface area contributed by atoms with Gasteiger partial charge in [-0.25, -0.2) is 0 Å². The number of carbonyl (C=O) groups excluding carboxylic acids is 1. The molecule has 0 spiro atoms. The normalized spacial score (nSPS) is 10.5. The molecule has 0 radical (unpaired) electrons. The second-order valence-corrected chi connectivity index (χ2v) is 6.91. The molecule has 0 atom stereocenters. The van der Waals surface area contributed by atoms with E-state index in [1.54, 1.807) is 31.4 Å². The standard InChI is InChI=1S/C19H18ClN3O4S/c1-25-15-7-5-13(6-8-15)18-22-23-19(27-18)28-12-17(24)21-9-10-26-16-4-2-3-14(20)11-16/h2-8,11H,9-10,12H2,1H3,(H,21,24). The second-order valence-electron chi connectivity index (χ2n) is 5.55. The number of hydrogen-bond donors (Lipinski definition) is 1. The maximum Gasteiger partial charge on any atom is 0.277 e. The molecule has 146 valence electrons. The molecule has 3 aromatic rings. The Hall–Kier alpha value is -2.71. The number of aromatic nitrogens is 2. The largest absolute Gasteiger partial charge is 0.497 e. The number of benzene rings is 2. The molecule has 0 unspecified atom stereocenters. The SMILES string of the molecule is COc1ccc(-c2nnc(SCC(=O)NCCOc3cccc(Cl)c3)o2)cc1. The summed E-state index contributed by atoms with van der Waals surface area (Å²) >= 11 is 7.06. The molecule has 0 bridgehead atoms. The fraction of sp³-hybridized carbons (Fsp3) is 0.211. The summed E-state index contributed by atoms with van der Waals surface area (Å²) in [5, 5.41) is 11.6. The molecular weight excluding hydrogens is 402 g/mol. The average molecular weight is 420 g/mol. The molecule has 0 saturated carbocycles. The van der Waals surface area contributed by atoms with Crippen LogP contribution in [-0.4, -0.2) is 42.1 Å². The quantitative estimate of drug-likeness (QED) is 0.418. The summed E-state index contributed by atoms with van der Waals surface area (Å²) in [6, 6.07) is 14.4. The van der Waals surface area contributed by atoms with Gasteiger partial charge in [0.05, 0.1) is 19.4 Å². The molecule has 1 aromatic heterocycles. The van der Waals surface area contributed by atoms with Gasteiger partial charge in [-0.2, -0.15) is 0 Å². The average Bonchev–Trinajstić information content (AvgIpc) is 3.19. The summed E-state index contributed by atoms with van der Waals surface area (Å²) in [7, 11) is 1.60. The molecule has 0 aliphatic rings. The van der Waals surface area contributed by atoms with E-state index in [0.29, 0.717) is 35.0 Å². The monoisotopic (exact) mass is 419 g/mol. The van der Waals surface area contributed by atoms with E-state index in [1.807, 2.05) is 24.3 Å². The fourth-order valence-electron chi connectivity index (χ4n) is 2.21. The third-order valence-corrected chi connectivity index (χ3v) is 4.61.